The van der Waals surface area contributed by atoms with Gasteiger partial charge < -0.3 is 4.90 Å². The van der Waals surface area contributed by atoms with Gasteiger partial charge in [0, 0.05) is 30.4 Å². The number of hydrogen-bond donors (Lipinski definition) is 0. The minimum absolute atomic E-state index is 0.101. The molecule has 1 amide bonds. The second-order valence-corrected chi connectivity index (χ2v) is 7.08. The van der Waals surface area contributed by atoms with Crippen LogP contribution >= 0.6 is 0 Å². The molecule has 1 fully saturated rings. The minimum atomic E-state index is 0.101. The summed E-state index contributed by atoms with van der Waals surface area (Å²) >= 11 is 0. The smallest absolute Gasteiger partial charge is 0.256 e. The van der Waals surface area contributed by atoms with E-state index < -0.39 is 0 Å². The number of benzene rings is 1. The van der Waals surface area contributed by atoms with Gasteiger partial charge in [0.2, 0.25) is 0 Å². The van der Waals surface area contributed by atoms with Gasteiger partial charge in [0.25, 0.3) is 5.91 Å². The van der Waals surface area contributed by atoms with Gasteiger partial charge in [0.1, 0.15) is 0 Å². The van der Waals surface area contributed by atoms with E-state index in [9.17, 15) is 4.79 Å². The molecule has 1 saturated heterocycles. The largest absolute Gasteiger partial charge is 0.334 e. The summed E-state index contributed by atoms with van der Waals surface area (Å²) in [4.78, 5) is 15.0. The molecule has 0 saturated carbocycles. The molecule has 1 unspecified atom stereocenters. The highest BCUT2D eigenvalue weighted by Gasteiger charge is 2.49. The van der Waals surface area contributed by atoms with Gasteiger partial charge >= 0.3 is 0 Å². The Morgan fingerprint density at radius 1 is 1.27 bits per heavy atom. The van der Waals surface area contributed by atoms with Crippen molar-refractivity contribution in [1.29, 1.82) is 0 Å². The first-order valence-electron chi connectivity index (χ1n) is 7.82. The molecule has 1 aliphatic heterocycles. The van der Waals surface area contributed by atoms with E-state index in [2.05, 4.69) is 32.8 Å². The third kappa shape index (κ3) is 2.32. The molecule has 0 aliphatic carbocycles. The summed E-state index contributed by atoms with van der Waals surface area (Å²) in [6, 6.07) is 9.83. The van der Waals surface area contributed by atoms with Crippen molar-refractivity contribution in [2.45, 2.75) is 33.7 Å². The summed E-state index contributed by atoms with van der Waals surface area (Å²) in [5.74, 6) is 0.550. The molecule has 0 radical (unpaired) electrons. The first-order chi connectivity index (χ1) is 10.4. The van der Waals surface area contributed by atoms with E-state index in [0.717, 1.165) is 12.2 Å². The Morgan fingerprint density at radius 3 is 2.59 bits per heavy atom. The third-order valence-electron chi connectivity index (χ3n) is 4.49. The van der Waals surface area contributed by atoms with Crippen LogP contribution in [0.1, 0.15) is 38.1 Å². The molecular formula is C18H23N3O. The Labute approximate surface area is 131 Å². The van der Waals surface area contributed by atoms with E-state index in [-0.39, 0.29) is 17.4 Å². The van der Waals surface area contributed by atoms with Crippen LogP contribution in [0.4, 0.5) is 0 Å². The lowest BCUT2D eigenvalue weighted by atomic mass is 9.69. The molecule has 3 rings (SSSR count). The van der Waals surface area contributed by atoms with Gasteiger partial charge in [0.15, 0.2) is 0 Å². The predicted molar refractivity (Wildman–Crippen MR) is 87.0 cm³/mol. The topological polar surface area (TPSA) is 38.1 Å². The van der Waals surface area contributed by atoms with Crippen LogP contribution in [0.15, 0.2) is 42.7 Å². The van der Waals surface area contributed by atoms with Gasteiger partial charge in [-0.25, -0.2) is 4.68 Å². The summed E-state index contributed by atoms with van der Waals surface area (Å²) in [5.41, 5.74) is 1.74. The molecule has 4 nitrogen and oxygen atoms in total. The molecule has 1 atom stereocenters. The minimum Gasteiger partial charge on any atom is -0.334 e. The van der Waals surface area contributed by atoms with Crippen molar-refractivity contribution in [3.8, 4) is 5.69 Å². The highest BCUT2D eigenvalue weighted by atomic mass is 16.2. The molecule has 4 heteroatoms. The highest BCUT2D eigenvalue weighted by molar-refractivity contribution is 5.98. The van der Waals surface area contributed by atoms with Gasteiger partial charge in [-0.2, -0.15) is 5.10 Å². The molecular weight excluding hydrogens is 274 g/mol. The Morgan fingerprint density at radius 2 is 2.00 bits per heavy atom. The number of para-hydroxylation sites is 1. The predicted octanol–water partition coefficient (Wildman–Crippen LogP) is 3.38. The van der Waals surface area contributed by atoms with Crippen LogP contribution in [0.5, 0.6) is 0 Å². The first-order valence-corrected chi connectivity index (χ1v) is 7.82. The average molecular weight is 297 g/mol. The molecule has 1 aromatic heterocycles. The summed E-state index contributed by atoms with van der Waals surface area (Å²) in [6.07, 6.45) is 3.59. The van der Waals surface area contributed by atoms with Gasteiger partial charge in [0.05, 0.1) is 11.3 Å². The summed E-state index contributed by atoms with van der Waals surface area (Å²) in [5, 5.41) is 4.26. The van der Waals surface area contributed by atoms with E-state index >= 15 is 0 Å². The quantitative estimate of drug-likeness (QED) is 0.871. The van der Waals surface area contributed by atoms with Crippen molar-refractivity contribution in [3.05, 3.63) is 48.3 Å². The number of carbonyl (C=O) groups excluding carboxylic acids is 1. The van der Waals surface area contributed by atoms with Crippen LogP contribution in [0.3, 0.4) is 0 Å². The van der Waals surface area contributed by atoms with Crippen molar-refractivity contribution >= 4 is 5.91 Å². The van der Waals surface area contributed by atoms with Gasteiger partial charge in [-0.1, -0.05) is 39.8 Å². The van der Waals surface area contributed by atoms with Gasteiger partial charge in [-0.05, 0) is 24.1 Å². The fraction of sp³-hybridized carbons (Fsp3) is 0.444. The molecule has 22 heavy (non-hydrogen) atoms. The van der Waals surface area contributed by atoms with E-state index in [4.69, 9.17) is 0 Å². The molecule has 2 aromatic rings. The standard InChI is InChI=1S/C18H23N3O/c1-13(2)16-18(3,4)12-20(16)17(22)14-8-5-6-9-15(14)21-11-7-10-19-21/h5-11,13,16H,12H2,1-4H3. The fourth-order valence-electron chi connectivity index (χ4n) is 3.82. The number of rotatable bonds is 3. The zero-order valence-electron chi connectivity index (χ0n) is 13.7. The van der Waals surface area contributed by atoms with Crippen LogP contribution in [0.2, 0.25) is 0 Å². The molecule has 2 heterocycles. The van der Waals surface area contributed by atoms with Crippen LogP contribution in [0.25, 0.3) is 5.69 Å². The normalized spacial score (nSPS) is 20.0. The Bertz CT molecular complexity index is 673. The van der Waals surface area contributed by atoms with Crippen molar-refractivity contribution in [1.82, 2.24) is 14.7 Å². The number of hydrogen-bond acceptors (Lipinski definition) is 2. The Kier molecular flexibility index (Phi) is 3.55. The molecule has 0 N–H and O–H groups in total. The maximum absolute atomic E-state index is 13.0. The zero-order valence-corrected chi connectivity index (χ0v) is 13.7. The number of aromatic nitrogens is 2. The molecule has 1 aromatic carbocycles. The lowest BCUT2D eigenvalue weighted by Gasteiger charge is -2.56. The number of amides is 1. The first kappa shape index (κ1) is 14.8. The van der Waals surface area contributed by atoms with Crippen LogP contribution in [0, 0.1) is 11.3 Å². The maximum Gasteiger partial charge on any atom is 0.256 e. The van der Waals surface area contributed by atoms with Crippen molar-refractivity contribution < 1.29 is 4.79 Å². The van der Waals surface area contributed by atoms with Gasteiger partial charge in [-0.3, -0.25) is 4.79 Å². The fourth-order valence-corrected chi connectivity index (χ4v) is 3.82. The average Bonchev–Trinajstić information content (AvgIpc) is 2.97. The summed E-state index contributed by atoms with van der Waals surface area (Å²) in [7, 11) is 0. The lowest BCUT2D eigenvalue weighted by molar-refractivity contribution is -0.0519. The Balaban J connectivity index is 1.94. The number of carbonyl (C=O) groups is 1. The van der Waals surface area contributed by atoms with E-state index in [1.165, 1.54) is 0 Å². The molecule has 0 spiro atoms. The summed E-state index contributed by atoms with van der Waals surface area (Å²) < 4.78 is 1.75. The number of nitrogens with zero attached hydrogens (tertiary/aromatic N) is 3. The second-order valence-electron chi connectivity index (χ2n) is 7.08. The molecule has 1 aliphatic rings. The van der Waals surface area contributed by atoms with Crippen molar-refractivity contribution in [3.63, 3.8) is 0 Å². The van der Waals surface area contributed by atoms with E-state index in [1.54, 1.807) is 10.9 Å². The zero-order chi connectivity index (χ0) is 15.9. The lowest BCUT2D eigenvalue weighted by Crippen LogP contribution is -2.65. The van der Waals surface area contributed by atoms with E-state index in [0.29, 0.717) is 11.5 Å². The van der Waals surface area contributed by atoms with Crippen LogP contribution < -0.4 is 0 Å². The van der Waals surface area contributed by atoms with Crippen LogP contribution in [-0.2, 0) is 0 Å². The second kappa shape index (κ2) is 5.27. The Hall–Kier alpha value is -2.10. The monoisotopic (exact) mass is 297 g/mol. The van der Waals surface area contributed by atoms with E-state index in [1.807, 2.05) is 41.4 Å². The molecule has 0 bridgehead atoms. The third-order valence-corrected chi connectivity index (χ3v) is 4.49. The number of likely N-dealkylation sites (tertiary alicyclic amines) is 1. The van der Waals surface area contributed by atoms with Gasteiger partial charge in [-0.15, -0.1) is 0 Å². The van der Waals surface area contributed by atoms with Crippen LogP contribution in [-0.4, -0.2) is 33.2 Å². The SMILES string of the molecule is CC(C)C1N(C(=O)c2ccccc2-n2cccn2)CC1(C)C. The molecule has 116 valence electrons. The maximum atomic E-state index is 13.0. The van der Waals surface area contributed by atoms with Crippen molar-refractivity contribution in [2.24, 2.45) is 11.3 Å². The summed E-state index contributed by atoms with van der Waals surface area (Å²) in [6.45, 7) is 9.65. The van der Waals surface area contributed by atoms with Crippen molar-refractivity contribution in [2.75, 3.05) is 6.54 Å². The highest BCUT2D eigenvalue weighted by Crippen LogP contribution is 2.42.